The van der Waals surface area contributed by atoms with Crippen molar-refractivity contribution in [2.45, 2.75) is 6.23 Å². The van der Waals surface area contributed by atoms with Crippen LogP contribution in [0.1, 0.15) is 11.8 Å². The Bertz CT molecular complexity index is 475. The highest BCUT2D eigenvalue weighted by atomic mass is 35.5. The van der Waals surface area contributed by atoms with Crippen molar-refractivity contribution in [3.05, 3.63) is 64.1 Å². The smallest absolute Gasteiger partial charge is 0.206 e. The molecule has 1 saturated heterocycles. The van der Waals surface area contributed by atoms with Gasteiger partial charge in [0.1, 0.15) is 0 Å². The van der Waals surface area contributed by atoms with Crippen molar-refractivity contribution >= 4 is 28.9 Å². The van der Waals surface area contributed by atoms with Crippen LogP contribution in [0, 0.1) is 0 Å². The van der Waals surface area contributed by atoms with Crippen LogP contribution >= 0.6 is 23.2 Å². The van der Waals surface area contributed by atoms with E-state index >= 15 is 0 Å². The van der Waals surface area contributed by atoms with Gasteiger partial charge in [-0.25, -0.2) is 9.90 Å². The van der Waals surface area contributed by atoms with E-state index < -0.39 is 0 Å². The predicted octanol–water partition coefficient (Wildman–Crippen LogP) is 4.44. The summed E-state index contributed by atoms with van der Waals surface area (Å²) in [6, 6.07) is 15.2. The Morgan fingerprint density at radius 3 is 1.94 bits per heavy atom. The maximum absolute atomic E-state index is 5.84. The molecule has 1 unspecified atom stereocenters. The van der Waals surface area contributed by atoms with E-state index in [-0.39, 0.29) is 6.23 Å². The number of nitrogens with zero attached hydrogens (tertiary/aromatic N) is 1. The molecule has 2 nitrogen and oxygen atoms in total. The topological polar surface area (TPSA) is 15.5 Å². The Hall–Kier alpha value is -1.22. The van der Waals surface area contributed by atoms with Crippen molar-refractivity contribution in [2.24, 2.45) is 0 Å². The fraction of sp³-hybridized carbons (Fsp3) is 0.0769. The van der Waals surface area contributed by atoms with Gasteiger partial charge in [0.05, 0.1) is 5.69 Å². The summed E-state index contributed by atoms with van der Waals surface area (Å²) in [4.78, 5) is 5.52. The van der Waals surface area contributed by atoms with Gasteiger partial charge in [0.25, 0.3) is 0 Å². The molecule has 0 aliphatic carbocycles. The largest absolute Gasteiger partial charge is 0.238 e. The van der Waals surface area contributed by atoms with Gasteiger partial charge < -0.3 is 0 Å². The molecular formula is C13H9Cl2NO. The molecular weight excluding hydrogens is 257 g/mol. The Kier molecular flexibility index (Phi) is 2.71. The standard InChI is InChI=1S/C13H9Cl2NO/c14-10-3-1-9(2-4-10)13-16(17-13)12-7-5-11(15)6-8-12/h1-8,13H. The van der Waals surface area contributed by atoms with E-state index in [0.717, 1.165) is 21.3 Å². The fourth-order valence-electron chi connectivity index (χ4n) is 1.69. The Morgan fingerprint density at radius 2 is 1.35 bits per heavy atom. The first-order chi connectivity index (χ1) is 8.24. The molecule has 0 amide bonds. The molecule has 0 bridgehead atoms. The zero-order valence-corrected chi connectivity index (χ0v) is 10.3. The minimum absolute atomic E-state index is 0.0200. The van der Waals surface area contributed by atoms with Gasteiger partial charge in [-0.1, -0.05) is 35.3 Å². The maximum Gasteiger partial charge on any atom is 0.206 e. The van der Waals surface area contributed by atoms with E-state index in [4.69, 9.17) is 28.0 Å². The third-order valence-corrected chi connectivity index (χ3v) is 3.12. The molecule has 1 atom stereocenters. The van der Waals surface area contributed by atoms with Gasteiger partial charge >= 0.3 is 0 Å². The van der Waals surface area contributed by atoms with Crippen LogP contribution in [-0.4, -0.2) is 0 Å². The molecule has 0 aromatic heterocycles. The van der Waals surface area contributed by atoms with Crippen molar-refractivity contribution < 1.29 is 4.84 Å². The predicted molar refractivity (Wildman–Crippen MR) is 69.2 cm³/mol. The first-order valence-corrected chi connectivity index (χ1v) is 5.97. The van der Waals surface area contributed by atoms with E-state index in [1.165, 1.54) is 0 Å². The maximum atomic E-state index is 5.84. The van der Waals surface area contributed by atoms with Crippen LogP contribution in [0.25, 0.3) is 0 Å². The quantitative estimate of drug-likeness (QED) is 0.746. The Balaban J connectivity index is 1.78. The summed E-state index contributed by atoms with van der Waals surface area (Å²) in [5.41, 5.74) is 2.08. The van der Waals surface area contributed by atoms with E-state index in [1.54, 1.807) is 0 Å². The molecule has 1 aliphatic heterocycles. The number of hydroxylamine groups is 1. The first kappa shape index (κ1) is 10.9. The number of halogens is 2. The Morgan fingerprint density at radius 1 is 0.824 bits per heavy atom. The second-order valence-electron chi connectivity index (χ2n) is 3.81. The van der Waals surface area contributed by atoms with Crippen molar-refractivity contribution in [3.8, 4) is 0 Å². The zero-order chi connectivity index (χ0) is 11.8. The van der Waals surface area contributed by atoms with Crippen molar-refractivity contribution in [1.29, 1.82) is 0 Å². The summed E-state index contributed by atoms with van der Waals surface area (Å²) < 4.78 is 0. The number of rotatable bonds is 2. The third-order valence-electron chi connectivity index (χ3n) is 2.62. The molecule has 0 saturated carbocycles. The molecule has 0 N–H and O–H groups in total. The lowest BCUT2D eigenvalue weighted by atomic mass is 10.2. The molecule has 4 heteroatoms. The minimum atomic E-state index is -0.0200. The summed E-state index contributed by atoms with van der Waals surface area (Å²) >= 11 is 11.7. The van der Waals surface area contributed by atoms with Gasteiger partial charge in [0, 0.05) is 15.6 Å². The minimum Gasteiger partial charge on any atom is -0.238 e. The lowest BCUT2D eigenvalue weighted by molar-refractivity contribution is 0.402. The summed E-state index contributed by atoms with van der Waals surface area (Å²) in [5, 5.41) is 3.28. The van der Waals surface area contributed by atoms with Gasteiger partial charge in [-0.15, -0.1) is 0 Å². The molecule has 0 spiro atoms. The van der Waals surface area contributed by atoms with Crippen molar-refractivity contribution in [1.82, 2.24) is 0 Å². The average molecular weight is 266 g/mol. The number of hydrogen-bond donors (Lipinski definition) is 0. The van der Waals surface area contributed by atoms with Crippen LogP contribution in [0.3, 0.4) is 0 Å². The third kappa shape index (κ3) is 2.25. The van der Waals surface area contributed by atoms with Crippen LogP contribution in [0.5, 0.6) is 0 Å². The average Bonchev–Trinajstić information content (AvgIpc) is 3.11. The zero-order valence-electron chi connectivity index (χ0n) is 8.81. The summed E-state index contributed by atoms with van der Waals surface area (Å²) in [6.07, 6.45) is -0.0200. The molecule has 3 rings (SSSR count). The van der Waals surface area contributed by atoms with Crippen LogP contribution in [0.15, 0.2) is 48.5 Å². The molecule has 1 aliphatic rings. The second-order valence-corrected chi connectivity index (χ2v) is 4.68. The number of anilines is 1. The molecule has 86 valence electrons. The van der Waals surface area contributed by atoms with Gasteiger partial charge in [0.15, 0.2) is 0 Å². The van der Waals surface area contributed by atoms with Gasteiger partial charge in [0.2, 0.25) is 6.23 Å². The first-order valence-electron chi connectivity index (χ1n) is 5.21. The van der Waals surface area contributed by atoms with E-state index in [2.05, 4.69) is 0 Å². The summed E-state index contributed by atoms with van der Waals surface area (Å²) in [6.45, 7) is 0. The monoisotopic (exact) mass is 265 g/mol. The van der Waals surface area contributed by atoms with Crippen LogP contribution in [0.2, 0.25) is 10.0 Å². The summed E-state index contributed by atoms with van der Waals surface area (Å²) in [5.74, 6) is 0. The lowest BCUT2D eigenvalue weighted by Crippen LogP contribution is -1.93. The molecule has 2 aromatic carbocycles. The van der Waals surface area contributed by atoms with Gasteiger partial charge in [-0.05, 0) is 36.4 Å². The lowest BCUT2D eigenvalue weighted by Gasteiger charge is -2.00. The molecule has 1 heterocycles. The van der Waals surface area contributed by atoms with Crippen LogP contribution < -0.4 is 5.06 Å². The summed E-state index contributed by atoms with van der Waals surface area (Å²) in [7, 11) is 0. The number of benzene rings is 2. The fourth-order valence-corrected chi connectivity index (χ4v) is 1.94. The van der Waals surface area contributed by atoms with Gasteiger partial charge in [-0.3, -0.25) is 0 Å². The molecule has 2 aromatic rings. The van der Waals surface area contributed by atoms with E-state index in [0.29, 0.717) is 0 Å². The van der Waals surface area contributed by atoms with Crippen molar-refractivity contribution in [3.63, 3.8) is 0 Å². The highest BCUT2D eigenvalue weighted by molar-refractivity contribution is 6.30. The van der Waals surface area contributed by atoms with Crippen LogP contribution in [-0.2, 0) is 4.84 Å². The highest BCUT2D eigenvalue weighted by Gasteiger charge is 2.38. The normalized spacial score (nSPS) is 18.2. The molecule has 0 radical (unpaired) electrons. The van der Waals surface area contributed by atoms with Gasteiger partial charge in [-0.2, -0.15) is 0 Å². The number of hydrogen-bond acceptors (Lipinski definition) is 2. The molecule has 17 heavy (non-hydrogen) atoms. The second kappa shape index (κ2) is 4.22. The molecule has 1 fully saturated rings. The van der Waals surface area contributed by atoms with Crippen molar-refractivity contribution in [2.75, 3.05) is 5.06 Å². The SMILES string of the molecule is Clc1ccc(C2ON2c2ccc(Cl)cc2)cc1. The Labute approximate surface area is 109 Å². The van der Waals surface area contributed by atoms with Crippen LogP contribution in [0.4, 0.5) is 5.69 Å². The van der Waals surface area contributed by atoms with E-state index in [9.17, 15) is 0 Å². The van der Waals surface area contributed by atoms with E-state index in [1.807, 2.05) is 53.6 Å². The highest BCUT2D eigenvalue weighted by Crippen LogP contribution is 2.41.